The molecule has 2 N–H and O–H groups in total. The van der Waals surface area contributed by atoms with Crippen molar-refractivity contribution in [2.45, 2.75) is 45.3 Å². The van der Waals surface area contributed by atoms with E-state index in [1.165, 1.54) is 5.56 Å². The van der Waals surface area contributed by atoms with E-state index in [-0.39, 0.29) is 18.2 Å². The third-order valence-corrected chi connectivity index (χ3v) is 5.99. The Morgan fingerprint density at radius 2 is 2.00 bits per heavy atom. The summed E-state index contributed by atoms with van der Waals surface area (Å²) in [5.41, 5.74) is 4.49. The van der Waals surface area contributed by atoms with E-state index in [9.17, 15) is 9.90 Å². The number of hydrogen-bond donors (Lipinski definition) is 2. The van der Waals surface area contributed by atoms with Gasteiger partial charge < -0.3 is 19.7 Å². The van der Waals surface area contributed by atoms with Crippen molar-refractivity contribution in [1.29, 1.82) is 0 Å². The predicted octanol–water partition coefficient (Wildman–Crippen LogP) is 3.79. The molecular weight excluding hydrogens is 378 g/mol. The van der Waals surface area contributed by atoms with Crippen LogP contribution in [0.4, 0.5) is 0 Å². The van der Waals surface area contributed by atoms with E-state index >= 15 is 0 Å². The maximum Gasteiger partial charge on any atom is 0.341 e. The van der Waals surface area contributed by atoms with E-state index in [4.69, 9.17) is 4.74 Å². The first kappa shape index (κ1) is 20.6. The standard InChI is InChI=1S/C24H29N3O3/c1-16-23(24(29)30-17(2)19-5-10-25-11-6-19)21-15-18(3-4-22(21)26-16)7-12-27-13-8-20(28)9-14-27/h3-6,10-11,15,17,20,26,28H,7-9,12-14H2,1-2H3/t17-/m0/s1. The number of ether oxygens (including phenoxy) is 1. The van der Waals surface area contributed by atoms with Gasteiger partial charge in [0.1, 0.15) is 6.10 Å². The zero-order chi connectivity index (χ0) is 21.1. The minimum absolute atomic E-state index is 0.149. The molecule has 158 valence electrons. The lowest BCUT2D eigenvalue weighted by atomic mass is 10.0. The van der Waals surface area contributed by atoms with E-state index in [1.54, 1.807) is 12.4 Å². The highest BCUT2D eigenvalue weighted by Crippen LogP contribution is 2.27. The van der Waals surface area contributed by atoms with Crippen molar-refractivity contribution in [2.24, 2.45) is 0 Å². The highest BCUT2D eigenvalue weighted by molar-refractivity contribution is 6.05. The van der Waals surface area contributed by atoms with Gasteiger partial charge in [-0.25, -0.2) is 4.79 Å². The first-order valence-corrected chi connectivity index (χ1v) is 10.6. The molecule has 1 aliphatic rings. The minimum Gasteiger partial charge on any atom is -0.454 e. The van der Waals surface area contributed by atoms with Crippen molar-refractivity contribution < 1.29 is 14.6 Å². The molecule has 0 saturated carbocycles. The number of aliphatic hydroxyl groups excluding tert-OH is 1. The van der Waals surface area contributed by atoms with E-state index in [1.807, 2.05) is 32.0 Å². The summed E-state index contributed by atoms with van der Waals surface area (Å²) in [5, 5.41) is 10.6. The number of carbonyl (C=O) groups excluding carboxylic acids is 1. The van der Waals surface area contributed by atoms with E-state index in [0.717, 1.165) is 61.1 Å². The number of pyridine rings is 1. The van der Waals surface area contributed by atoms with Gasteiger partial charge in [0.2, 0.25) is 0 Å². The van der Waals surface area contributed by atoms with Crippen molar-refractivity contribution in [1.82, 2.24) is 14.9 Å². The number of rotatable bonds is 6. The van der Waals surface area contributed by atoms with Crippen LogP contribution in [0.3, 0.4) is 0 Å². The number of hydrogen-bond acceptors (Lipinski definition) is 5. The Labute approximate surface area is 176 Å². The van der Waals surface area contributed by atoms with Gasteiger partial charge in [-0.2, -0.15) is 0 Å². The van der Waals surface area contributed by atoms with Crippen molar-refractivity contribution in [3.8, 4) is 0 Å². The van der Waals surface area contributed by atoms with Crippen LogP contribution in [-0.4, -0.2) is 51.7 Å². The van der Waals surface area contributed by atoms with Crippen LogP contribution in [0.1, 0.15) is 53.0 Å². The average molecular weight is 408 g/mol. The van der Waals surface area contributed by atoms with Crippen LogP contribution in [0.25, 0.3) is 10.9 Å². The smallest absolute Gasteiger partial charge is 0.341 e. The zero-order valence-corrected chi connectivity index (χ0v) is 17.6. The molecule has 0 radical (unpaired) electrons. The van der Waals surface area contributed by atoms with Crippen molar-refractivity contribution in [3.05, 3.63) is 65.1 Å². The lowest BCUT2D eigenvalue weighted by molar-refractivity contribution is 0.0339. The first-order chi connectivity index (χ1) is 14.5. The van der Waals surface area contributed by atoms with Crippen LogP contribution in [0.2, 0.25) is 0 Å². The molecule has 1 fully saturated rings. The second-order valence-corrected chi connectivity index (χ2v) is 8.16. The number of aryl methyl sites for hydroxylation is 1. The highest BCUT2D eigenvalue weighted by atomic mass is 16.5. The number of nitrogens with one attached hydrogen (secondary N) is 1. The number of esters is 1. The van der Waals surface area contributed by atoms with Gasteiger partial charge in [-0.1, -0.05) is 6.07 Å². The number of piperidine rings is 1. The summed E-state index contributed by atoms with van der Waals surface area (Å²) in [7, 11) is 0. The molecule has 1 aliphatic heterocycles. The molecule has 0 spiro atoms. The van der Waals surface area contributed by atoms with Gasteiger partial charge >= 0.3 is 5.97 Å². The number of benzene rings is 1. The van der Waals surface area contributed by atoms with Crippen LogP contribution < -0.4 is 0 Å². The molecule has 0 bridgehead atoms. The Hall–Kier alpha value is -2.70. The SMILES string of the molecule is Cc1[nH]c2ccc(CCN3CCC(O)CC3)cc2c1C(=O)O[C@@H](C)c1ccncc1. The molecule has 4 rings (SSSR count). The van der Waals surface area contributed by atoms with Gasteiger partial charge in [-0.05, 0) is 68.5 Å². The number of carbonyl (C=O) groups is 1. The third kappa shape index (κ3) is 4.55. The first-order valence-electron chi connectivity index (χ1n) is 10.6. The summed E-state index contributed by atoms with van der Waals surface area (Å²) in [6.45, 7) is 6.62. The summed E-state index contributed by atoms with van der Waals surface area (Å²) in [4.78, 5) is 22.7. The molecule has 1 atom stereocenters. The summed E-state index contributed by atoms with van der Waals surface area (Å²) < 4.78 is 5.76. The van der Waals surface area contributed by atoms with Crippen molar-refractivity contribution in [3.63, 3.8) is 0 Å². The molecule has 1 saturated heterocycles. The Bertz CT molecular complexity index is 1010. The number of nitrogens with zero attached hydrogens (tertiary/aromatic N) is 2. The van der Waals surface area contributed by atoms with Gasteiger partial charge in [0.15, 0.2) is 0 Å². The normalized spacial score (nSPS) is 16.6. The largest absolute Gasteiger partial charge is 0.454 e. The fourth-order valence-corrected chi connectivity index (χ4v) is 4.14. The molecule has 6 heteroatoms. The van der Waals surface area contributed by atoms with E-state index in [2.05, 4.69) is 27.0 Å². The second-order valence-electron chi connectivity index (χ2n) is 8.16. The molecule has 0 amide bonds. The Morgan fingerprint density at radius 3 is 2.73 bits per heavy atom. The van der Waals surface area contributed by atoms with E-state index < -0.39 is 0 Å². The van der Waals surface area contributed by atoms with Crippen LogP contribution in [0, 0.1) is 6.92 Å². The molecule has 2 aromatic heterocycles. The van der Waals surface area contributed by atoms with Gasteiger partial charge in [-0.15, -0.1) is 0 Å². The predicted molar refractivity (Wildman–Crippen MR) is 116 cm³/mol. The van der Waals surface area contributed by atoms with Gasteiger partial charge in [-0.3, -0.25) is 4.98 Å². The number of H-pyrrole nitrogens is 1. The average Bonchev–Trinajstić information content (AvgIpc) is 3.09. The molecule has 3 heterocycles. The second kappa shape index (κ2) is 8.98. The van der Waals surface area contributed by atoms with Crippen molar-refractivity contribution >= 4 is 16.9 Å². The summed E-state index contributed by atoms with van der Waals surface area (Å²) in [5.74, 6) is -0.315. The molecule has 0 aliphatic carbocycles. The number of likely N-dealkylation sites (tertiary alicyclic amines) is 1. The topological polar surface area (TPSA) is 78.5 Å². The molecule has 30 heavy (non-hydrogen) atoms. The Morgan fingerprint density at radius 1 is 1.27 bits per heavy atom. The van der Waals surface area contributed by atoms with Gasteiger partial charge in [0.25, 0.3) is 0 Å². The lowest BCUT2D eigenvalue weighted by Crippen LogP contribution is -2.37. The van der Waals surface area contributed by atoms with Crippen LogP contribution in [-0.2, 0) is 11.2 Å². The zero-order valence-electron chi connectivity index (χ0n) is 17.6. The molecule has 1 aromatic carbocycles. The maximum absolute atomic E-state index is 13.0. The maximum atomic E-state index is 13.0. The highest BCUT2D eigenvalue weighted by Gasteiger charge is 2.21. The van der Waals surface area contributed by atoms with Crippen molar-refractivity contribution in [2.75, 3.05) is 19.6 Å². The lowest BCUT2D eigenvalue weighted by Gasteiger charge is -2.29. The third-order valence-electron chi connectivity index (χ3n) is 5.99. The van der Waals surface area contributed by atoms with Crippen LogP contribution in [0.15, 0.2) is 42.7 Å². The number of aromatic amines is 1. The number of fused-ring (bicyclic) bond motifs is 1. The minimum atomic E-state index is -0.345. The summed E-state index contributed by atoms with van der Waals surface area (Å²) in [6.07, 6.45) is 5.52. The fourth-order valence-electron chi connectivity index (χ4n) is 4.14. The van der Waals surface area contributed by atoms with Crippen LogP contribution in [0.5, 0.6) is 0 Å². The molecular formula is C24H29N3O3. The quantitative estimate of drug-likeness (QED) is 0.608. The fraction of sp³-hybridized carbons (Fsp3) is 0.417. The van der Waals surface area contributed by atoms with E-state index in [0.29, 0.717) is 5.56 Å². The van der Waals surface area contributed by atoms with Gasteiger partial charge in [0.05, 0.1) is 11.7 Å². The number of aromatic nitrogens is 2. The molecule has 6 nitrogen and oxygen atoms in total. The summed E-state index contributed by atoms with van der Waals surface area (Å²) >= 11 is 0. The summed E-state index contributed by atoms with van der Waals surface area (Å²) in [6, 6.07) is 9.98. The monoisotopic (exact) mass is 407 g/mol. The Kier molecular flexibility index (Phi) is 6.16. The van der Waals surface area contributed by atoms with Crippen LogP contribution >= 0.6 is 0 Å². The van der Waals surface area contributed by atoms with Gasteiger partial charge in [0, 0.05) is 48.6 Å². The number of aliphatic hydroxyl groups is 1. The molecule has 3 aromatic rings. The molecule has 0 unspecified atom stereocenters. The Balaban J connectivity index is 1.49.